The van der Waals surface area contributed by atoms with Gasteiger partial charge in [0.1, 0.15) is 0 Å². The fraction of sp³-hybridized carbons (Fsp3) is 0.308. The van der Waals surface area contributed by atoms with Crippen molar-refractivity contribution < 1.29 is 4.79 Å². The zero-order valence-electron chi connectivity index (χ0n) is 9.73. The summed E-state index contributed by atoms with van der Waals surface area (Å²) in [6, 6.07) is 8.14. The molecule has 1 amide bonds. The van der Waals surface area contributed by atoms with E-state index in [0.29, 0.717) is 19.6 Å². The molecule has 0 aromatic heterocycles. The maximum Gasteiger partial charge on any atom is 0.239 e. The van der Waals surface area contributed by atoms with Gasteiger partial charge in [-0.05, 0) is 17.7 Å². The first-order valence-electron chi connectivity index (χ1n) is 5.78. The van der Waals surface area contributed by atoms with Crippen molar-refractivity contribution in [3.63, 3.8) is 0 Å². The average molecular weight is 231 g/mol. The first kappa shape index (κ1) is 11.7. The Hall–Kier alpha value is -1.81. The minimum Gasteiger partial charge on any atom is -0.360 e. The number of nitrogens with two attached hydrogens (primary N) is 1. The zero-order chi connectivity index (χ0) is 12.1. The Morgan fingerprint density at radius 3 is 2.76 bits per heavy atom. The summed E-state index contributed by atoms with van der Waals surface area (Å²) in [6.07, 6.45) is 3.91. The lowest BCUT2D eigenvalue weighted by Gasteiger charge is -2.28. The fourth-order valence-electron chi connectivity index (χ4n) is 1.86. The lowest BCUT2D eigenvalue weighted by Crippen LogP contribution is -2.47. The van der Waals surface area contributed by atoms with Crippen molar-refractivity contribution >= 4 is 17.7 Å². The Bertz CT molecular complexity index is 411. The van der Waals surface area contributed by atoms with Crippen LogP contribution in [0.25, 0.3) is 6.08 Å². The van der Waals surface area contributed by atoms with Crippen LogP contribution in [0.1, 0.15) is 5.56 Å². The molecule has 0 radical (unpaired) electrons. The van der Waals surface area contributed by atoms with Crippen LogP contribution in [0.2, 0.25) is 0 Å². The Balaban J connectivity index is 2.06. The standard InChI is InChI=1S/C13H17N3O/c14-7-1-2-11-3-5-12(6-4-11)16-9-8-15-13(17)10-16/h1-6H,7-10,14H2,(H,15,17)/b2-1+. The molecule has 0 bridgehead atoms. The van der Waals surface area contributed by atoms with Crippen LogP contribution in [0, 0.1) is 0 Å². The summed E-state index contributed by atoms with van der Waals surface area (Å²) >= 11 is 0. The molecule has 90 valence electrons. The number of carbonyl (C=O) groups is 1. The van der Waals surface area contributed by atoms with Crippen molar-refractivity contribution in [1.29, 1.82) is 0 Å². The molecule has 1 saturated heterocycles. The number of benzene rings is 1. The second-order valence-corrected chi connectivity index (χ2v) is 4.00. The molecule has 0 unspecified atom stereocenters. The van der Waals surface area contributed by atoms with E-state index in [0.717, 1.165) is 17.8 Å². The number of carbonyl (C=O) groups excluding carboxylic acids is 1. The molecule has 1 aliphatic heterocycles. The van der Waals surface area contributed by atoms with E-state index in [9.17, 15) is 4.79 Å². The predicted octanol–water partition coefficient (Wildman–Crippen LogP) is 0.595. The molecule has 4 nitrogen and oxygen atoms in total. The van der Waals surface area contributed by atoms with E-state index in [4.69, 9.17) is 5.73 Å². The molecule has 4 heteroatoms. The van der Waals surface area contributed by atoms with Gasteiger partial charge in [-0.3, -0.25) is 4.79 Å². The molecular weight excluding hydrogens is 214 g/mol. The molecule has 0 saturated carbocycles. The second kappa shape index (κ2) is 5.50. The van der Waals surface area contributed by atoms with E-state index in [2.05, 4.69) is 10.2 Å². The van der Waals surface area contributed by atoms with Gasteiger partial charge in [0.2, 0.25) is 5.91 Å². The van der Waals surface area contributed by atoms with Crippen molar-refractivity contribution in [2.24, 2.45) is 5.73 Å². The maximum absolute atomic E-state index is 11.3. The Morgan fingerprint density at radius 2 is 2.12 bits per heavy atom. The van der Waals surface area contributed by atoms with Crippen molar-refractivity contribution in [2.75, 3.05) is 31.1 Å². The van der Waals surface area contributed by atoms with Gasteiger partial charge in [-0.2, -0.15) is 0 Å². The van der Waals surface area contributed by atoms with Crippen LogP contribution in [-0.4, -0.2) is 32.1 Å². The summed E-state index contributed by atoms with van der Waals surface area (Å²) in [5.41, 5.74) is 7.61. The highest BCUT2D eigenvalue weighted by molar-refractivity contribution is 5.82. The number of hydrogen-bond donors (Lipinski definition) is 2. The van der Waals surface area contributed by atoms with Gasteiger partial charge >= 0.3 is 0 Å². The average Bonchev–Trinajstić information content (AvgIpc) is 2.37. The zero-order valence-corrected chi connectivity index (χ0v) is 9.73. The van der Waals surface area contributed by atoms with E-state index in [-0.39, 0.29) is 5.91 Å². The molecule has 2 rings (SSSR count). The number of anilines is 1. The van der Waals surface area contributed by atoms with Gasteiger partial charge in [0.05, 0.1) is 6.54 Å². The van der Waals surface area contributed by atoms with E-state index >= 15 is 0 Å². The molecule has 3 N–H and O–H groups in total. The topological polar surface area (TPSA) is 58.4 Å². The number of nitrogens with one attached hydrogen (secondary N) is 1. The monoisotopic (exact) mass is 231 g/mol. The number of amides is 1. The first-order chi connectivity index (χ1) is 8.29. The number of hydrogen-bond acceptors (Lipinski definition) is 3. The molecule has 1 aromatic rings. The van der Waals surface area contributed by atoms with Crippen LogP contribution >= 0.6 is 0 Å². The molecule has 17 heavy (non-hydrogen) atoms. The number of piperazine rings is 1. The van der Waals surface area contributed by atoms with Gasteiger partial charge < -0.3 is 16.0 Å². The highest BCUT2D eigenvalue weighted by Crippen LogP contribution is 2.16. The summed E-state index contributed by atoms with van der Waals surface area (Å²) in [6.45, 7) is 2.57. The van der Waals surface area contributed by atoms with Gasteiger partial charge in [-0.25, -0.2) is 0 Å². The van der Waals surface area contributed by atoms with Crippen molar-refractivity contribution in [2.45, 2.75) is 0 Å². The van der Waals surface area contributed by atoms with E-state index in [1.165, 1.54) is 0 Å². The lowest BCUT2D eigenvalue weighted by molar-refractivity contribution is -0.120. The van der Waals surface area contributed by atoms with Crippen LogP contribution < -0.4 is 16.0 Å². The molecule has 1 aliphatic rings. The Kier molecular flexibility index (Phi) is 3.77. The summed E-state index contributed by atoms with van der Waals surface area (Å²) < 4.78 is 0. The van der Waals surface area contributed by atoms with Crippen LogP contribution in [0.3, 0.4) is 0 Å². The quantitative estimate of drug-likeness (QED) is 0.800. The van der Waals surface area contributed by atoms with Gasteiger partial charge in [-0.1, -0.05) is 24.3 Å². The maximum atomic E-state index is 11.3. The third kappa shape index (κ3) is 3.07. The van der Waals surface area contributed by atoms with Gasteiger partial charge in [0.25, 0.3) is 0 Å². The van der Waals surface area contributed by atoms with Crippen molar-refractivity contribution in [1.82, 2.24) is 5.32 Å². The lowest BCUT2D eigenvalue weighted by atomic mass is 10.1. The van der Waals surface area contributed by atoms with Crippen LogP contribution in [-0.2, 0) is 4.79 Å². The minimum absolute atomic E-state index is 0.0864. The highest BCUT2D eigenvalue weighted by Gasteiger charge is 2.15. The van der Waals surface area contributed by atoms with Gasteiger partial charge in [0.15, 0.2) is 0 Å². The molecule has 0 atom stereocenters. The smallest absolute Gasteiger partial charge is 0.239 e. The van der Waals surface area contributed by atoms with Gasteiger partial charge in [-0.15, -0.1) is 0 Å². The number of nitrogens with zero attached hydrogens (tertiary/aromatic N) is 1. The predicted molar refractivity (Wildman–Crippen MR) is 69.8 cm³/mol. The molecule has 1 aromatic carbocycles. The summed E-state index contributed by atoms with van der Waals surface area (Å²) in [5.74, 6) is 0.0864. The third-order valence-electron chi connectivity index (χ3n) is 2.74. The number of rotatable bonds is 3. The summed E-state index contributed by atoms with van der Waals surface area (Å²) in [4.78, 5) is 13.4. The van der Waals surface area contributed by atoms with E-state index in [1.807, 2.05) is 36.4 Å². The molecule has 1 heterocycles. The Morgan fingerprint density at radius 1 is 1.35 bits per heavy atom. The summed E-state index contributed by atoms with van der Waals surface area (Å²) in [5, 5.41) is 2.82. The molecule has 0 spiro atoms. The molecule has 1 fully saturated rings. The fourth-order valence-corrected chi connectivity index (χ4v) is 1.86. The Labute approximate surface area is 101 Å². The highest BCUT2D eigenvalue weighted by atomic mass is 16.2. The molecule has 0 aliphatic carbocycles. The van der Waals surface area contributed by atoms with Gasteiger partial charge in [0, 0.05) is 25.3 Å². The van der Waals surface area contributed by atoms with Crippen LogP contribution in [0.4, 0.5) is 5.69 Å². The van der Waals surface area contributed by atoms with Crippen molar-refractivity contribution in [3.8, 4) is 0 Å². The van der Waals surface area contributed by atoms with Crippen molar-refractivity contribution in [3.05, 3.63) is 35.9 Å². The normalized spacial score (nSPS) is 16.3. The minimum atomic E-state index is 0.0864. The summed E-state index contributed by atoms with van der Waals surface area (Å²) in [7, 11) is 0. The first-order valence-corrected chi connectivity index (χ1v) is 5.78. The van der Waals surface area contributed by atoms with E-state index < -0.39 is 0 Å². The van der Waals surface area contributed by atoms with Crippen LogP contribution in [0.5, 0.6) is 0 Å². The SMILES string of the molecule is NC/C=C/c1ccc(N2CCNC(=O)C2)cc1. The van der Waals surface area contributed by atoms with Crippen LogP contribution in [0.15, 0.2) is 30.3 Å². The molecular formula is C13H17N3O. The second-order valence-electron chi connectivity index (χ2n) is 4.00. The third-order valence-corrected chi connectivity index (χ3v) is 2.74. The van der Waals surface area contributed by atoms with E-state index in [1.54, 1.807) is 0 Å². The largest absolute Gasteiger partial charge is 0.360 e.